The topological polar surface area (TPSA) is 29.1 Å². The molecule has 1 rings (SSSR count). The van der Waals surface area contributed by atoms with Crippen LogP contribution < -0.4 is 5.32 Å². The monoisotopic (exact) mass is 265 g/mol. The van der Waals surface area contributed by atoms with Crippen molar-refractivity contribution in [2.24, 2.45) is 17.3 Å². The molecule has 2 heteroatoms. The van der Waals surface area contributed by atoms with Gasteiger partial charge in [0.15, 0.2) is 0 Å². The molecular formula is C17H31NO. The maximum atomic E-state index is 12.7. The van der Waals surface area contributed by atoms with Gasteiger partial charge in [0.2, 0.25) is 5.91 Å². The van der Waals surface area contributed by atoms with Gasteiger partial charge < -0.3 is 5.32 Å². The fourth-order valence-corrected chi connectivity index (χ4v) is 3.46. The van der Waals surface area contributed by atoms with E-state index in [1.807, 2.05) is 6.08 Å². The van der Waals surface area contributed by atoms with E-state index in [1.165, 1.54) is 19.3 Å². The Labute approximate surface area is 119 Å². The van der Waals surface area contributed by atoms with Crippen LogP contribution in [0.4, 0.5) is 0 Å². The average molecular weight is 265 g/mol. The molecule has 0 heterocycles. The van der Waals surface area contributed by atoms with Crippen molar-refractivity contribution >= 4 is 5.91 Å². The predicted molar refractivity (Wildman–Crippen MR) is 81.9 cm³/mol. The van der Waals surface area contributed by atoms with Crippen molar-refractivity contribution in [2.75, 3.05) is 0 Å². The molecule has 1 fully saturated rings. The van der Waals surface area contributed by atoms with Gasteiger partial charge in [-0.25, -0.2) is 0 Å². The van der Waals surface area contributed by atoms with E-state index >= 15 is 0 Å². The van der Waals surface area contributed by atoms with Crippen LogP contribution in [-0.2, 0) is 4.79 Å². The zero-order valence-electron chi connectivity index (χ0n) is 13.4. The molecule has 0 spiro atoms. The average Bonchev–Trinajstić information content (AvgIpc) is 2.56. The summed E-state index contributed by atoms with van der Waals surface area (Å²) in [6.07, 6.45) is 7.58. The molecule has 0 aromatic heterocycles. The first-order valence-electron chi connectivity index (χ1n) is 7.66. The highest BCUT2D eigenvalue weighted by Gasteiger charge is 2.48. The molecule has 0 saturated heterocycles. The molecule has 0 aliphatic heterocycles. The third-order valence-electron chi connectivity index (χ3n) is 4.39. The molecule has 0 aromatic rings. The number of allylic oxidation sites excluding steroid dienone is 1. The molecule has 2 nitrogen and oxygen atoms in total. The summed E-state index contributed by atoms with van der Waals surface area (Å²) in [6.45, 7) is 14.4. The zero-order chi connectivity index (χ0) is 14.7. The fraction of sp³-hybridized carbons (Fsp3) is 0.824. The van der Waals surface area contributed by atoms with E-state index in [0.29, 0.717) is 11.8 Å². The quantitative estimate of drug-likeness (QED) is 0.737. The Morgan fingerprint density at radius 1 is 1.47 bits per heavy atom. The van der Waals surface area contributed by atoms with Crippen LogP contribution >= 0.6 is 0 Å². The molecule has 1 saturated carbocycles. The lowest BCUT2D eigenvalue weighted by molar-refractivity contribution is -0.133. The second-order valence-electron chi connectivity index (χ2n) is 7.44. The maximum Gasteiger partial charge on any atom is 0.226 e. The molecule has 19 heavy (non-hydrogen) atoms. The first-order valence-corrected chi connectivity index (χ1v) is 7.66. The first kappa shape index (κ1) is 16.3. The summed E-state index contributed by atoms with van der Waals surface area (Å²) in [6, 6.07) is 0. The van der Waals surface area contributed by atoms with E-state index < -0.39 is 0 Å². The number of hydrogen-bond donors (Lipinski definition) is 1. The number of hydrogen-bond acceptors (Lipinski definition) is 1. The normalized spacial score (nSPS) is 31.2. The van der Waals surface area contributed by atoms with Crippen LogP contribution in [0.2, 0.25) is 0 Å². The van der Waals surface area contributed by atoms with Crippen LogP contribution in [0.25, 0.3) is 0 Å². The minimum atomic E-state index is -0.221. The van der Waals surface area contributed by atoms with Crippen LogP contribution in [0.1, 0.15) is 66.7 Å². The Morgan fingerprint density at radius 2 is 2.11 bits per heavy atom. The number of nitrogens with one attached hydrogen (secondary N) is 1. The first-order chi connectivity index (χ1) is 8.73. The zero-order valence-corrected chi connectivity index (χ0v) is 13.4. The maximum absolute atomic E-state index is 12.7. The summed E-state index contributed by atoms with van der Waals surface area (Å²) in [4.78, 5) is 12.7. The highest BCUT2D eigenvalue weighted by molar-refractivity contribution is 5.83. The second kappa shape index (κ2) is 6.11. The van der Waals surface area contributed by atoms with E-state index in [1.54, 1.807) is 0 Å². The lowest BCUT2D eigenvalue weighted by Crippen LogP contribution is -2.49. The number of carbonyl (C=O) groups excluding carboxylic acids is 1. The summed E-state index contributed by atoms with van der Waals surface area (Å²) >= 11 is 0. The van der Waals surface area contributed by atoms with Crippen LogP contribution in [0.15, 0.2) is 12.7 Å². The molecule has 1 N–H and O–H groups in total. The van der Waals surface area contributed by atoms with Crippen molar-refractivity contribution < 1.29 is 4.79 Å². The highest BCUT2D eigenvalue weighted by Crippen LogP contribution is 2.49. The van der Waals surface area contributed by atoms with E-state index in [9.17, 15) is 4.79 Å². The van der Waals surface area contributed by atoms with Gasteiger partial charge in [0, 0.05) is 11.0 Å². The third-order valence-corrected chi connectivity index (χ3v) is 4.39. The third kappa shape index (κ3) is 4.09. The number of carbonyl (C=O) groups is 1. The fourth-order valence-electron chi connectivity index (χ4n) is 3.46. The molecular weight excluding hydrogens is 234 g/mol. The Kier molecular flexibility index (Phi) is 5.23. The molecule has 1 amide bonds. The molecule has 1 aliphatic rings. The smallest absolute Gasteiger partial charge is 0.226 e. The van der Waals surface area contributed by atoms with Crippen molar-refractivity contribution in [3.63, 3.8) is 0 Å². The lowest BCUT2D eigenvalue weighted by Gasteiger charge is -2.33. The summed E-state index contributed by atoms with van der Waals surface area (Å²) in [5, 5.41) is 3.18. The molecule has 0 radical (unpaired) electrons. The van der Waals surface area contributed by atoms with Gasteiger partial charge in [-0.15, -0.1) is 6.58 Å². The van der Waals surface area contributed by atoms with E-state index in [2.05, 4.69) is 46.5 Å². The van der Waals surface area contributed by atoms with Gasteiger partial charge in [-0.05, 0) is 51.9 Å². The largest absolute Gasteiger partial charge is 0.351 e. The highest BCUT2D eigenvalue weighted by atomic mass is 16.2. The lowest BCUT2D eigenvalue weighted by atomic mass is 9.76. The SMILES string of the molecule is C=CCC1C[C@H](CCC)C[C@@]1(C)C(=O)NC(C)(C)C. The minimum Gasteiger partial charge on any atom is -0.351 e. The van der Waals surface area contributed by atoms with Crippen LogP contribution in [0.3, 0.4) is 0 Å². The van der Waals surface area contributed by atoms with Gasteiger partial charge in [0.1, 0.15) is 0 Å². The Balaban J connectivity index is 2.84. The van der Waals surface area contributed by atoms with Crippen LogP contribution in [0, 0.1) is 17.3 Å². The Hall–Kier alpha value is -0.790. The second-order valence-corrected chi connectivity index (χ2v) is 7.44. The van der Waals surface area contributed by atoms with Crippen LogP contribution in [0.5, 0.6) is 0 Å². The Morgan fingerprint density at radius 3 is 2.58 bits per heavy atom. The van der Waals surface area contributed by atoms with Gasteiger partial charge in [0.05, 0.1) is 0 Å². The van der Waals surface area contributed by atoms with E-state index in [0.717, 1.165) is 12.8 Å². The van der Waals surface area contributed by atoms with Crippen molar-refractivity contribution in [1.82, 2.24) is 5.32 Å². The molecule has 3 atom stereocenters. The van der Waals surface area contributed by atoms with Crippen LogP contribution in [-0.4, -0.2) is 11.4 Å². The molecule has 1 unspecified atom stereocenters. The van der Waals surface area contributed by atoms with E-state index in [4.69, 9.17) is 0 Å². The molecule has 0 bridgehead atoms. The van der Waals surface area contributed by atoms with Gasteiger partial charge in [0.25, 0.3) is 0 Å². The number of rotatable bonds is 5. The summed E-state index contributed by atoms with van der Waals surface area (Å²) in [5.74, 6) is 1.38. The van der Waals surface area contributed by atoms with Crippen molar-refractivity contribution in [3.8, 4) is 0 Å². The van der Waals surface area contributed by atoms with Gasteiger partial charge in [-0.3, -0.25) is 4.79 Å². The summed E-state index contributed by atoms with van der Waals surface area (Å²) in [7, 11) is 0. The van der Waals surface area contributed by atoms with Crippen molar-refractivity contribution in [1.29, 1.82) is 0 Å². The molecule has 110 valence electrons. The summed E-state index contributed by atoms with van der Waals surface area (Å²) in [5.41, 5.74) is -0.372. The minimum absolute atomic E-state index is 0.151. The predicted octanol–water partition coefficient (Wildman–Crippen LogP) is 4.31. The van der Waals surface area contributed by atoms with E-state index in [-0.39, 0.29) is 16.9 Å². The summed E-state index contributed by atoms with van der Waals surface area (Å²) < 4.78 is 0. The number of amides is 1. The Bertz CT molecular complexity index is 329. The van der Waals surface area contributed by atoms with Gasteiger partial charge in [-0.2, -0.15) is 0 Å². The standard InChI is InChI=1S/C17H31NO/c1-7-9-13-11-14(10-8-2)17(6,12-13)15(19)18-16(3,4)5/h8,13-14H,2,7,9-12H2,1,3-6H3,(H,18,19)/t13-,14?,17+/m0/s1. The van der Waals surface area contributed by atoms with Crippen molar-refractivity contribution in [3.05, 3.63) is 12.7 Å². The van der Waals surface area contributed by atoms with Gasteiger partial charge in [-0.1, -0.05) is 32.8 Å². The van der Waals surface area contributed by atoms with Gasteiger partial charge >= 0.3 is 0 Å². The molecule has 1 aliphatic carbocycles. The molecule has 0 aromatic carbocycles. The van der Waals surface area contributed by atoms with Crippen molar-refractivity contribution in [2.45, 2.75) is 72.3 Å².